The maximum Gasteiger partial charge on any atom is 0.347 e. The van der Waals surface area contributed by atoms with Crippen LogP contribution >= 0.6 is 15.9 Å². The van der Waals surface area contributed by atoms with Crippen molar-refractivity contribution >= 4 is 60.6 Å². The number of rotatable bonds is 4. The van der Waals surface area contributed by atoms with Crippen molar-refractivity contribution in [1.29, 1.82) is 0 Å². The fourth-order valence-electron chi connectivity index (χ4n) is 4.03. The predicted molar refractivity (Wildman–Crippen MR) is 129 cm³/mol. The Balaban J connectivity index is 1.55. The van der Waals surface area contributed by atoms with Gasteiger partial charge < -0.3 is 8.98 Å². The second kappa shape index (κ2) is 7.67. The zero-order valence-electron chi connectivity index (χ0n) is 16.8. The largest absolute Gasteiger partial charge is 0.422 e. The minimum absolute atomic E-state index is 0.0301. The molecule has 5 aromatic rings. The van der Waals surface area contributed by atoms with Gasteiger partial charge in [0, 0.05) is 38.2 Å². The molecule has 0 unspecified atom stereocenters. The predicted octanol–water partition coefficient (Wildman–Crippen LogP) is 6.58. The molecule has 0 amide bonds. The highest BCUT2D eigenvalue weighted by molar-refractivity contribution is 9.10. The number of fused-ring (bicyclic) bond motifs is 4. The third-order valence-corrected chi connectivity index (χ3v) is 5.99. The number of hydrogen-bond acceptors (Lipinski definition) is 3. The quantitative estimate of drug-likeness (QED) is 0.169. The van der Waals surface area contributed by atoms with Crippen LogP contribution in [0.15, 0.2) is 86.5 Å². The summed E-state index contributed by atoms with van der Waals surface area (Å²) in [6.07, 6.45) is 3.17. The number of hydrogen-bond donors (Lipinski definition) is 0. The molecule has 0 fully saturated rings. The van der Waals surface area contributed by atoms with Crippen LogP contribution in [-0.2, 0) is 6.54 Å². The van der Waals surface area contributed by atoms with E-state index in [1.54, 1.807) is 24.3 Å². The summed E-state index contributed by atoms with van der Waals surface area (Å²) in [7, 11) is 0. The second-order valence-corrected chi connectivity index (χ2v) is 8.28. The summed E-state index contributed by atoms with van der Waals surface area (Å²) in [5.41, 5.74) is 3.08. The first-order valence-electron chi connectivity index (χ1n) is 10.0. The van der Waals surface area contributed by atoms with Crippen LogP contribution in [0.1, 0.15) is 22.8 Å². The van der Waals surface area contributed by atoms with Crippen molar-refractivity contribution in [1.82, 2.24) is 4.57 Å². The number of para-hydroxylation sites is 1. The molecule has 0 atom stereocenters. The Hall–Kier alpha value is -3.44. The monoisotopic (exact) mass is 471 g/mol. The number of carbonyl (C=O) groups excluding carboxylic acids is 1. The van der Waals surface area contributed by atoms with Crippen LogP contribution in [0.25, 0.3) is 38.9 Å². The van der Waals surface area contributed by atoms with Crippen LogP contribution in [0.5, 0.6) is 0 Å². The number of benzene rings is 3. The van der Waals surface area contributed by atoms with Gasteiger partial charge in [0.15, 0.2) is 5.78 Å². The van der Waals surface area contributed by atoms with Crippen LogP contribution in [-0.4, -0.2) is 10.4 Å². The smallest absolute Gasteiger partial charge is 0.347 e. The zero-order valence-corrected chi connectivity index (χ0v) is 18.3. The summed E-state index contributed by atoms with van der Waals surface area (Å²) in [4.78, 5) is 24.9. The van der Waals surface area contributed by atoms with Crippen LogP contribution in [0.4, 0.5) is 0 Å². The first-order valence-corrected chi connectivity index (χ1v) is 10.8. The molecule has 5 heteroatoms. The average molecular weight is 472 g/mol. The molecule has 0 bridgehead atoms. The molecule has 0 saturated carbocycles. The van der Waals surface area contributed by atoms with Crippen molar-refractivity contribution in [2.24, 2.45) is 0 Å². The topological polar surface area (TPSA) is 52.2 Å². The second-order valence-electron chi connectivity index (χ2n) is 7.37. The first-order chi connectivity index (χ1) is 15.0. The van der Waals surface area contributed by atoms with E-state index in [-0.39, 0.29) is 11.3 Å². The molecule has 2 aromatic heterocycles. The van der Waals surface area contributed by atoms with Gasteiger partial charge >= 0.3 is 5.63 Å². The van der Waals surface area contributed by atoms with Gasteiger partial charge in [-0.25, -0.2) is 4.79 Å². The first kappa shape index (κ1) is 19.5. The SMILES string of the molecule is CCn1c2ccc(Br)cc2c2cc(/C=C/C(=O)c3cc4ccccc4oc3=O)ccc21. The molecule has 2 heterocycles. The maximum absolute atomic E-state index is 12.7. The lowest BCUT2D eigenvalue weighted by atomic mass is 10.1. The molecule has 152 valence electrons. The van der Waals surface area contributed by atoms with E-state index in [4.69, 9.17) is 4.42 Å². The van der Waals surface area contributed by atoms with Crippen molar-refractivity contribution in [3.05, 3.63) is 98.8 Å². The van der Waals surface area contributed by atoms with Gasteiger partial charge in [0.25, 0.3) is 0 Å². The van der Waals surface area contributed by atoms with Crippen LogP contribution < -0.4 is 5.63 Å². The van der Waals surface area contributed by atoms with E-state index in [0.29, 0.717) is 5.58 Å². The molecule has 5 rings (SSSR count). The lowest BCUT2D eigenvalue weighted by molar-refractivity contribution is 0.104. The van der Waals surface area contributed by atoms with Gasteiger partial charge in [-0.2, -0.15) is 0 Å². The van der Waals surface area contributed by atoms with Crippen LogP contribution in [0.2, 0.25) is 0 Å². The van der Waals surface area contributed by atoms with Gasteiger partial charge in [0.2, 0.25) is 0 Å². The lowest BCUT2D eigenvalue weighted by Gasteiger charge is -2.03. The molecule has 0 radical (unpaired) electrons. The molecule has 3 aromatic carbocycles. The van der Waals surface area contributed by atoms with Crippen molar-refractivity contribution in [2.45, 2.75) is 13.5 Å². The highest BCUT2D eigenvalue weighted by Gasteiger charge is 2.12. The van der Waals surface area contributed by atoms with Crippen molar-refractivity contribution in [2.75, 3.05) is 0 Å². The summed E-state index contributed by atoms with van der Waals surface area (Å²) in [5, 5.41) is 3.00. The van der Waals surface area contributed by atoms with E-state index >= 15 is 0 Å². The van der Waals surface area contributed by atoms with Gasteiger partial charge in [-0.05, 0) is 61.0 Å². The van der Waals surface area contributed by atoms with Gasteiger partial charge in [0.1, 0.15) is 11.1 Å². The summed E-state index contributed by atoms with van der Waals surface area (Å²) in [6.45, 7) is 3.00. The van der Waals surface area contributed by atoms with Gasteiger partial charge in [0.05, 0.1) is 0 Å². The van der Waals surface area contributed by atoms with E-state index in [1.165, 1.54) is 11.6 Å². The standard InChI is InChI=1S/C26H18BrNO3/c1-2-28-22-10-7-16(13-19(22)20-15-18(27)9-11-23(20)28)8-12-24(29)21-14-17-5-3-4-6-25(17)31-26(21)30/h3-15H,2H2,1H3/b12-8+. The molecular formula is C26H18BrNO3. The molecule has 4 nitrogen and oxygen atoms in total. The van der Waals surface area contributed by atoms with Crippen LogP contribution in [0, 0.1) is 0 Å². The Labute approximate surface area is 186 Å². The molecule has 0 saturated heterocycles. The van der Waals surface area contributed by atoms with E-state index in [0.717, 1.165) is 38.3 Å². The number of aromatic nitrogens is 1. The number of ketones is 1. The summed E-state index contributed by atoms with van der Waals surface area (Å²) in [6, 6.07) is 21.1. The summed E-state index contributed by atoms with van der Waals surface area (Å²) < 4.78 is 8.58. The van der Waals surface area contributed by atoms with Crippen molar-refractivity contribution in [3.8, 4) is 0 Å². The number of allylic oxidation sites excluding steroid dienone is 1. The average Bonchev–Trinajstić information content (AvgIpc) is 3.09. The van der Waals surface area contributed by atoms with Gasteiger partial charge in [-0.15, -0.1) is 0 Å². The Morgan fingerprint density at radius 2 is 1.74 bits per heavy atom. The summed E-state index contributed by atoms with van der Waals surface area (Å²) in [5.74, 6) is -0.377. The van der Waals surface area contributed by atoms with E-state index in [1.807, 2.05) is 24.3 Å². The van der Waals surface area contributed by atoms with Gasteiger partial charge in [-0.3, -0.25) is 4.79 Å². The zero-order chi connectivity index (χ0) is 21.5. The molecule has 31 heavy (non-hydrogen) atoms. The number of carbonyl (C=O) groups is 1. The highest BCUT2D eigenvalue weighted by Crippen LogP contribution is 2.32. The molecule has 0 aliphatic heterocycles. The van der Waals surface area contributed by atoms with Crippen LogP contribution in [0.3, 0.4) is 0 Å². The number of halogens is 1. The lowest BCUT2D eigenvalue weighted by Crippen LogP contribution is -2.11. The molecule has 0 N–H and O–H groups in total. The van der Waals surface area contributed by atoms with E-state index in [2.05, 4.69) is 51.7 Å². The Bertz CT molecular complexity index is 1570. The fraction of sp³-hybridized carbons (Fsp3) is 0.0769. The van der Waals surface area contributed by atoms with Crippen molar-refractivity contribution < 1.29 is 9.21 Å². The Morgan fingerprint density at radius 3 is 2.55 bits per heavy atom. The minimum atomic E-state index is -0.625. The third kappa shape index (κ3) is 3.41. The fourth-order valence-corrected chi connectivity index (χ4v) is 4.39. The Morgan fingerprint density at radius 1 is 1.00 bits per heavy atom. The molecular weight excluding hydrogens is 454 g/mol. The molecule has 0 aliphatic carbocycles. The molecule has 0 aliphatic rings. The van der Waals surface area contributed by atoms with Crippen molar-refractivity contribution in [3.63, 3.8) is 0 Å². The maximum atomic E-state index is 12.7. The minimum Gasteiger partial charge on any atom is -0.422 e. The summed E-state index contributed by atoms with van der Waals surface area (Å²) >= 11 is 3.56. The molecule has 0 spiro atoms. The Kier molecular flexibility index (Phi) is 4.83. The van der Waals surface area contributed by atoms with E-state index < -0.39 is 5.63 Å². The third-order valence-electron chi connectivity index (χ3n) is 5.50. The van der Waals surface area contributed by atoms with E-state index in [9.17, 15) is 9.59 Å². The highest BCUT2D eigenvalue weighted by atomic mass is 79.9. The van der Waals surface area contributed by atoms with Gasteiger partial charge in [-0.1, -0.05) is 46.3 Å². The number of aryl methyl sites for hydroxylation is 1. The number of nitrogens with zero attached hydrogens (tertiary/aromatic N) is 1. The normalized spacial score (nSPS) is 11.8.